The van der Waals surface area contributed by atoms with E-state index in [-0.39, 0.29) is 23.7 Å². The first-order valence-corrected chi connectivity index (χ1v) is 12.7. The maximum Gasteiger partial charge on any atom is 0.397 e. The van der Waals surface area contributed by atoms with Gasteiger partial charge in [-0.25, -0.2) is 0 Å². The van der Waals surface area contributed by atoms with Crippen molar-refractivity contribution < 1.29 is 27.5 Å². The van der Waals surface area contributed by atoms with Crippen LogP contribution in [0.1, 0.15) is 52.4 Å². The molecule has 0 radical (unpaired) electrons. The lowest BCUT2D eigenvalue weighted by atomic mass is 10.0. The number of nitrogens with one attached hydrogen (secondary N) is 3. The van der Waals surface area contributed by atoms with Gasteiger partial charge in [0.15, 0.2) is 5.60 Å². The predicted octanol–water partition coefficient (Wildman–Crippen LogP) is 6.97. The van der Waals surface area contributed by atoms with Crippen LogP contribution < -0.4 is 20.7 Å². The van der Waals surface area contributed by atoms with Crippen molar-refractivity contribution in [1.29, 1.82) is 0 Å². The first-order valence-electron chi connectivity index (χ1n) is 12.0. The van der Waals surface area contributed by atoms with E-state index in [0.29, 0.717) is 22.2 Å². The van der Waals surface area contributed by atoms with E-state index in [1.807, 2.05) is 0 Å². The van der Waals surface area contributed by atoms with Crippen LogP contribution in [0.5, 0.6) is 5.75 Å². The third kappa shape index (κ3) is 9.31. The number of carbonyl (C=O) groups excluding carboxylic acids is 2. The summed E-state index contributed by atoms with van der Waals surface area (Å²) in [6, 6.07) is 11.3. The number of halogens is 5. The Morgan fingerprint density at radius 3 is 2.22 bits per heavy atom. The van der Waals surface area contributed by atoms with E-state index in [9.17, 15) is 22.8 Å². The number of alkyl halides is 3. The monoisotopic (exact) mass is 559 g/mol. The minimum atomic E-state index is -4.55. The molecule has 1 aliphatic rings. The van der Waals surface area contributed by atoms with Gasteiger partial charge >= 0.3 is 6.18 Å². The topological polar surface area (TPSA) is 79.5 Å². The minimum absolute atomic E-state index is 0.0722. The van der Waals surface area contributed by atoms with Crippen molar-refractivity contribution in [1.82, 2.24) is 5.32 Å². The Bertz CT molecular complexity index is 1090. The molecule has 1 aliphatic carbocycles. The minimum Gasteiger partial charge on any atom is -0.476 e. The van der Waals surface area contributed by atoms with Crippen molar-refractivity contribution in [2.75, 3.05) is 10.6 Å². The molecule has 2 atom stereocenters. The van der Waals surface area contributed by atoms with E-state index < -0.39 is 24.1 Å². The van der Waals surface area contributed by atoms with Crippen LogP contribution in [-0.2, 0) is 9.59 Å². The van der Waals surface area contributed by atoms with E-state index in [2.05, 4.69) is 16.0 Å². The van der Waals surface area contributed by atoms with Crippen LogP contribution in [0.15, 0.2) is 42.5 Å². The van der Waals surface area contributed by atoms with Gasteiger partial charge in [0, 0.05) is 28.5 Å². The summed E-state index contributed by atoms with van der Waals surface area (Å²) in [5.41, 5.74) is -0.111. The largest absolute Gasteiger partial charge is 0.476 e. The lowest BCUT2D eigenvalue weighted by Gasteiger charge is -2.29. The van der Waals surface area contributed by atoms with Gasteiger partial charge in [0.1, 0.15) is 12.2 Å². The smallest absolute Gasteiger partial charge is 0.397 e. The molecule has 2 aromatic carbocycles. The Balaban J connectivity index is 1.56. The number of ether oxygens (including phenoxy) is 1. The number of carbonyl (C=O) groups is 2. The fourth-order valence-corrected chi connectivity index (χ4v) is 4.58. The second-order valence-corrected chi connectivity index (χ2v) is 10.5. The summed E-state index contributed by atoms with van der Waals surface area (Å²) in [6.07, 6.45) is -1.73. The molecule has 2 unspecified atom stereocenters. The summed E-state index contributed by atoms with van der Waals surface area (Å²) < 4.78 is 43.0. The summed E-state index contributed by atoms with van der Waals surface area (Å²) in [6.45, 7) is 3.35. The maximum absolute atomic E-state index is 13.1. The molecule has 1 saturated carbocycles. The van der Waals surface area contributed by atoms with Crippen molar-refractivity contribution in [2.45, 2.75) is 76.2 Å². The molecule has 0 saturated heterocycles. The lowest BCUT2D eigenvalue weighted by Crippen LogP contribution is -2.50. The van der Waals surface area contributed by atoms with Crippen LogP contribution in [-0.4, -0.2) is 35.7 Å². The van der Waals surface area contributed by atoms with Gasteiger partial charge in [0.2, 0.25) is 5.91 Å². The van der Waals surface area contributed by atoms with Crippen molar-refractivity contribution >= 4 is 46.4 Å². The fraction of sp³-hybridized carbons (Fsp3) is 0.462. The molecular formula is C26H30Cl2F3N3O3. The Morgan fingerprint density at radius 1 is 0.973 bits per heavy atom. The first kappa shape index (κ1) is 28.9. The highest BCUT2D eigenvalue weighted by atomic mass is 35.5. The van der Waals surface area contributed by atoms with Gasteiger partial charge in [-0.1, -0.05) is 36.0 Å². The number of rotatable bonds is 8. The molecule has 6 nitrogen and oxygen atoms in total. The highest BCUT2D eigenvalue weighted by Gasteiger charge is 2.33. The standard InChI is InChI=1S/C26H30Cl2F3N3O3/c1-25(2,37-22-12-7-16(27)13-21(22)28)24(36)34-20-6-4-3-5-19(14-20)32-17-8-10-18(11-9-17)33-23(35)15-26(29,30)31/h7-13,19-20,32H,3-6,14-15H2,1-2H3,(H,33,35)(H,34,36). The van der Waals surface area contributed by atoms with Crippen LogP contribution in [0.2, 0.25) is 10.0 Å². The van der Waals surface area contributed by atoms with Gasteiger partial charge in [0.25, 0.3) is 5.91 Å². The van der Waals surface area contributed by atoms with Gasteiger partial charge < -0.3 is 20.7 Å². The van der Waals surface area contributed by atoms with Gasteiger partial charge in [-0.2, -0.15) is 13.2 Å². The molecule has 11 heteroatoms. The van der Waals surface area contributed by atoms with Gasteiger partial charge in [-0.3, -0.25) is 9.59 Å². The van der Waals surface area contributed by atoms with E-state index >= 15 is 0 Å². The number of hydrogen-bond donors (Lipinski definition) is 3. The van der Waals surface area contributed by atoms with Crippen molar-refractivity contribution in [3.63, 3.8) is 0 Å². The van der Waals surface area contributed by atoms with Crippen LogP contribution in [0, 0.1) is 0 Å². The van der Waals surface area contributed by atoms with Gasteiger partial charge in [-0.05, 0) is 75.6 Å². The van der Waals surface area contributed by atoms with Crippen LogP contribution in [0.3, 0.4) is 0 Å². The Kier molecular flexibility index (Phi) is 9.58. The zero-order valence-corrected chi connectivity index (χ0v) is 22.1. The number of amides is 2. The highest BCUT2D eigenvalue weighted by Crippen LogP contribution is 2.31. The zero-order chi connectivity index (χ0) is 27.2. The van der Waals surface area contributed by atoms with E-state index in [1.54, 1.807) is 56.3 Å². The van der Waals surface area contributed by atoms with Crippen LogP contribution >= 0.6 is 23.2 Å². The Hall–Kier alpha value is -2.65. The second kappa shape index (κ2) is 12.3. The molecule has 0 aromatic heterocycles. The first-order chi connectivity index (χ1) is 17.3. The van der Waals surface area contributed by atoms with Crippen molar-refractivity contribution in [3.8, 4) is 5.75 Å². The average molecular weight is 560 g/mol. The Morgan fingerprint density at radius 2 is 1.59 bits per heavy atom. The molecule has 37 heavy (non-hydrogen) atoms. The third-order valence-corrected chi connectivity index (χ3v) is 6.50. The molecule has 0 spiro atoms. The second-order valence-electron chi connectivity index (χ2n) is 9.64. The molecule has 2 amide bonds. The molecule has 3 N–H and O–H groups in total. The fourth-order valence-electron chi connectivity index (χ4n) is 4.13. The summed E-state index contributed by atoms with van der Waals surface area (Å²) in [7, 11) is 0. The molecule has 0 bridgehead atoms. The van der Waals surface area contributed by atoms with Crippen LogP contribution in [0.4, 0.5) is 24.5 Å². The summed E-state index contributed by atoms with van der Waals surface area (Å²) >= 11 is 12.1. The number of hydrogen-bond acceptors (Lipinski definition) is 4. The normalized spacial score (nSPS) is 18.5. The summed E-state index contributed by atoms with van der Waals surface area (Å²) in [5, 5.41) is 9.56. The van der Waals surface area contributed by atoms with Gasteiger partial charge in [0.05, 0.1) is 5.02 Å². The quantitative estimate of drug-likeness (QED) is 0.305. The van der Waals surface area contributed by atoms with E-state index in [0.717, 1.165) is 31.4 Å². The average Bonchev–Trinajstić information content (AvgIpc) is 3.00. The lowest BCUT2D eigenvalue weighted by molar-refractivity contribution is -0.150. The summed E-state index contributed by atoms with van der Waals surface area (Å²) in [4.78, 5) is 24.6. The SMILES string of the molecule is CC(C)(Oc1ccc(Cl)cc1Cl)C(=O)NC1CCCCC(Nc2ccc(NC(=O)CC(F)(F)F)cc2)C1. The highest BCUT2D eigenvalue weighted by molar-refractivity contribution is 6.35. The van der Waals surface area contributed by atoms with E-state index in [4.69, 9.17) is 27.9 Å². The van der Waals surface area contributed by atoms with Gasteiger partial charge in [-0.15, -0.1) is 0 Å². The number of anilines is 2. The molecule has 0 aliphatic heterocycles. The molecule has 3 rings (SSSR count). The third-order valence-electron chi connectivity index (χ3n) is 5.97. The van der Waals surface area contributed by atoms with Crippen molar-refractivity contribution in [3.05, 3.63) is 52.5 Å². The van der Waals surface area contributed by atoms with E-state index in [1.165, 1.54) is 0 Å². The summed E-state index contributed by atoms with van der Waals surface area (Å²) in [5.74, 6) is -1.01. The predicted molar refractivity (Wildman–Crippen MR) is 139 cm³/mol. The zero-order valence-electron chi connectivity index (χ0n) is 20.6. The molecule has 202 valence electrons. The Labute approximate surface area is 224 Å². The molecular weight excluding hydrogens is 530 g/mol. The molecule has 1 fully saturated rings. The molecule has 2 aromatic rings. The maximum atomic E-state index is 13.1. The van der Waals surface area contributed by atoms with Crippen molar-refractivity contribution in [2.24, 2.45) is 0 Å². The molecule has 0 heterocycles. The number of benzene rings is 2. The van der Waals surface area contributed by atoms with Crippen LogP contribution in [0.25, 0.3) is 0 Å².